The summed E-state index contributed by atoms with van der Waals surface area (Å²) in [5.41, 5.74) is 1.89. The third-order valence-corrected chi connectivity index (χ3v) is 3.04. The highest BCUT2D eigenvalue weighted by Crippen LogP contribution is 2.34. The quantitative estimate of drug-likeness (QED) is 0.643. The average molecular weight is 200 g/mol. The van der Waals surface area contributed by atoms with Crippen molar-refractivity contribution in [2.24, 2.45) is 0 Å². The Hall–Kier alpha value is -1.57. The molecule has 2 aliphatic rings. The summed E-state index contributed by atoms with van der Waals surface area (Å²) >= 11 is 0. The molecule has 0 unspecified atom stereocenters. The van der Waals surface area contributed by atoms with Crippen LogP contribution in [0.3, 0.4) is 0 Å². The molecular formula is C13H12O2. The molecule has 0 saturated heterocycles. The van der Waals surface area contributed by atoms with Crippen molar-refractivity contribution in [1.29, 1.82) is 0 Å². The zero-order valence-electron chi connectivity index (χ0n) is 8.40. The van der Waals surface area contributed by atoms with Gasteiger partial charge in [-0.15, -0.1) is 0 Å². The number of rotatable bonds is 0. The molecule has 1 aromatic rings. The minimum absolute atomic E-state index is 0.00106. The number of ketones is 1. The zero-order chi connectivity index (χ0) is 10.3. The second kappa shape index (κ2) is 3.23. The third kappa shape index (κ3) is 1.37. The fourth-order valence-corrected chi connectivity index (χ4v) is 2.25. The van der Waals surface area contributed by atoms with Gasteiger partial charge in [-0.05, 0) is 25.0 Å². The number of ether oxygens (including phenoxy) is 1. The lowest BCUT2D eigenvalue weighted by Crippen LogP contribution is -2.30. The third-order valence-electron chi connectivity index (χ3n) is 3.04. The molecule has 2 heteroatoms. The molecule has 0 spiro atoms. The van der Waals surface area contributed by atoms with Crippen molar-refractivity contribution in [3.63, 3.8) is 0 Å². The van der Waals surface area contributed by atoms with E-state index in [1.54, 1.807) is 0 Å². The van der Waals surface area contributed by atoms with E-state index < -0.39 is 0 Å². The summed E-state index contributed by atoms with van der Waals surface area (Å²) in [6, 6.07) is 7.87. The summed E-state index contributed by atoms with van der Waals surface area (Å²) in [5.74, 6) is 1.15. The molecule has 1 saturated carbocycles. The average Bonchev–Trinajstić information content (AvgIpc) is 2.27. The predicted molar refractivity (Wildman–Crippen MR) is 57.7 cm³/mol. The summed E-state index contributed by atoms with van der Waals surface area (Å²) in [4.78, 5) is 11.7. The second-order valence-electron chi connectivity index (χ2n) is 4.06. The number of hydrogen-bond acceptors (Lipinski definition) is 2. The Kier molecular flexibility index (Phi) is 1.88. The van der Waals surface area contributed by atoms with E-state index in [4.69, 9.17) is 4.74 Å². The molecule has 0 amide bonds. The number of hydrogen-bond donors (Lipinski definition) is 0. The molecule has 3 rings (SSSR count). The largest absolute Gasteiger partial charge is 0.485 e. The number of benzene rings is 1. The van der Waals surface area contributed by atoms with E-state index in [1.807, 2.05) is 30.3 Å². The maximum Gasteiger partial charge on any atom is 0.162 e. The lowest BCUT2D eigenvalue weighted by atomic mass is 9.87. The van der Waals surface area contributed by atoms with E-state index in [1.165, 1.54) is 0 Å². The molecular weight excluding hydrogens is 188 g/mol. The van der Waals surface area contributed by atoms with E-state index in [0.717, 1.165) is 29.7 Å². The van der Waals surface area contributed by atoms with Gasteiger partial charge >= 0.3 is 0 Å². The monoisotopic (exact) mass is 200 g/mol. The minimum Gasteiger partial charge on any atom is -0.485 e. The van der Waals surface area contributed by atoms with Crippen LogP contribution in [0.15, 0.2) is 29.8 Å². The van der Waals surface area contributed by atoms with Gasteiger partial charge in [0.1, 0.15) is 11.9 Å². The van der Waals surface area contributed by atoms with Gasteiger partial charge in [0.2, 0.25) is 0 Å². The van der Waals surface area contributed by atoms with Crippen LogP contribution < -0.4 is 4.74 Å². The van der Waals surface area contributed by atoms with Crippen molar-refractivity contribution in [2.75, 3.05) is 0 Å². The van der Waals surface area contributed by atoms with Gasteiger partial charge in [-0.1, -0.05) is 18.2 Å². The van der Waals surface area contributed by atoms with Crippen LogP contribution in [0.4, 0.5) is 0 Å². The molecule has 1 aliphatic heterocycles. The molecule has 1 fully saturated rings. The predicted octanol–water partition coefficient (Wildman–Crippen LogP) is 2.58. The minimum atomic E-state index is 0.00106. The number of Topliss-reactive ketones (excluding diaryl/α,β-unsaturated/α-hetero) is 1. The van der Waals surface area contributed by atoms with Gasteiger partial charge in [0, 0.05) is 17.6 Å². The van der Waals surface area contributed by atoms with Crippen LogP contribution in [0, 0.1) is 0 Å². The van der Waals surface area contributed by atoms with E-state index in [9.17, 15) is 4.79 Å². The van der Waals surface area contributed by atoms with Crippen LogP contribution in [0.1, 0.15) is 24.8 Å². The van der Waals surface area contributed by atoms with Crippen molar-refractivity contribution in [2.45, 2.75) is 25.4 Å². The van der Waals surface area contributed by atoms with Gasteiger partial charge in [-0.25, -0.2) is 0 Å². The van der Waals surface area contributed by atoms with E-state index in [2.05, 4.69) is 0 Å². The smallest absolute Gasteiger partial charge is 0.162 e. The second-order valence-corrected chi connectivity index (χ2v) is 4.06. The first-order valence-electron chi connectivity index (χ1n) is 5.35. The van der Waals surface area contributed by atoms with Crippen molar-refractivity contribution in [3.8, 4) is 5.75 Å². The number of carbonyl (C=O) groups excluding carboxylic acids is 1. The summed E-state index contributed by atoms with van der Waals surface area (Å²) < 4.78 is 5.82. The van der Waals surface area contributed by atoms with Crippen LogP contribution in [0.5, 0.6) is 5.75 Å². The maximum absolute atomic E-state index is 11.7. The number of para-hydroxylation sites is 1. The van der Waals surface area contributed by atoms with Crippen LogP contribution >= 0.6 is 0 Å². The molecule has 0 bridgehead atoms. The lowest BCUT2D eigenvalue weighted by molar-refractivity contribution is -0.117. The summed E-state index contributed by atoms with van der Waals surface area (Å²) in [7, 11) is 0. The zero-order valence-corrected chi connectivity index (χ0v) is 8.40. The fraction of sp³-hybridized carbons (Fsp3) is 0.308. The lowest BCUT2D eigenvalue weighted by Gasteiger charge is -2.29. The number of carbonyl (C=O) groups is 1. The van der Waals surface area contributed by atoms with Gasteiger partial charge in [0.05, 0.1) is 0 Å². The van der Waals surface area contributed by atoms with E-state index >= 15 is 0 Å². The summed E-state index contributed by atoms with van der Waals surface area (Å²) in [6.07, 6.45) is 4.58. The standard InChI is InChI=1S/C13H12O2/c14-11-5-3-7-13-10(11)8-9-4-1-2-6-12(9)15-13/h1-2,4,6,8,13H,3,5,7H2/t13-/m1/s1. The number of fused-ring (bicyclic) bond motifs is 2. The van der Waals surface area contributed by atoms with Crippen molar-refractivity contribution < 1.29 is 9.53 Å². The molecule has 0 radical (unpaired) electrons. The van der Waals surface area contributed by atoms with Crippen LogP contribution in [0.25, 0.3) is 6.08 Å². The van der Waals surface area contributed by atoms with Gasteiger partial charge < -0.3 is 4.74 Å². The van der Waals surface area contributed by atoms with Crippen LogP contribution in [-0.2, 0) is 4.79 Å². The van der Waals surface area contributed by atoms with Gasteiger partial charge in [0.15, 0.2) is 5.78 Å². The Morgan fingerprint density at radius 2 is 2.13 bits per heavy atom. The normalized spacial score (nSPS) is 23.6. The van der Waals surface area contributed by atoms with Gasteiger partial charge in [0.25, 0.3) is 0 Å². The topological polar surface area (TPSA) is 26.3 Å². The van der Waals surface area contributed by atoms with E-state index in [0.29, 0.717) is 6.42 Å². The molecule has 15 heavy (non-hydrogen) atoms. The Morgan fingerprint density at radius 3 is 3.07 bits per heavy atom. The van der Waals surface area contributed by atoms with E-state index in [-0.39, 0.29) is 11.9 Å². The Bertz CT molecular complexity index is 446. The summed E-state index contributed by atoms with van der Waals surface area (Å²) in [5, 5.41) is 0. The van der Waals surface area contributed by atoms with Crippen LogP contribution in [-0.4, -0.2) is 11.9 Å². The molecule has 1 heterocycles. The molecule has 1 aliphatic carbocycles. The first-order valence-corrected chi connectivity index (χ1v) is 5.35. The SMILES string of the molecule is O=C1CCC[C@H]2Oc3ccccc3C=C12. The van der Waals surface area contributed by atoms with Gasteiger partial charge in [-0.3, -0.25) is 4.79 Å². The highest BCUT2D eigenvalue weighted by Gasteiger charge is 2.30. The highest BCUT2D eigenvalue weighted by molar-refractivity contribution is 6.02. The molecule has 1 aromatic carbocycles. The highest BCUT2D eigenvalue weighted by atomic mass is 16.5. The van der Waals surface area contributed by atoms with Crippen LogP contribution in [0.2, 0.25) is 0 Å². The Labute approximate surface area is 88.6 Å². The van der Waals surface area contributed by atoms with Crippen molar-refractivity contribution >= 4 is 11.9 Å². The molecule has 0 N–H and O–H groups in total. The first-order chi connectivity index (χ1) is 7.34. The molecule has 2 nitrogen and oxygen atoms in total. The summed E-state index contributed by atoms with van der Waals surface area (Å²) in [6.45, 7) is 0. The van der Waals surface area contributed by atoms with Crippen molar-refractivity contribution in [1.82, 2.24) is 0 Å². The van der Waals surface area contributed by atoms with Gasteiger partial charge in [-0.2, -0.15) is 0 Å². The Morgan fingerprint density at radius 1 is 1.27 bits per heavy atom. The maximum atomic E-state index is 11.7. The molecule has 1 atom stereocenters. The Balaban J connectivity index is 2.08. The fourth-order valence-electron chi connectivity index (χ4n) is 2.25. The molecule has 0 aromatic heterocycles. The first kappa shape index (κ1) is 8.72. The van der Waals surface area contributed by atoms with Crippen molar-refractivity contribution in [3.05, 3.63) is 35.4 Å². The molecule has 76 valence electrons.